The molecule has 0 aliphatic heterocycles. The summed E-state index contributed by atoms with van der Waals surface area (Å²) in [5.41, 5.74) is 2.11. The second-order valence-corrected chi connectivity index (χ2v) is 6.39. The van der Waals surface area contributed by atoms with E-state index in [2.05, 4.69) is 35.1 Å². The third-order valence-electron chi connectivity index (χ3n) is 3.10. The van der Waals surface area contributed by atoms with Crippen LogP contribution in [0, 0.1) is 0 Å². The average molecular weight is 369 g/mol. The lowest BCUT2D eigenvalue weighted by atomic mass is 10.2. The third kappa shape index (κ3) is 4.73. The van der Waals surface area contributed by atoms with Crippen LogP contribution in [0.4, 0.5) is 0 Å². The first kappa shape index (κ1) is 16.3. The monoisotopic (exact) mass is 367 g/mol. The molecule has 0 saturated carbocycles. The van der Waals surface area contributed by atoms with E-state index >= 15 is 0 Å². The van der Waals surface area contributed by atoms with Crippen LogP contribution in [0.25, 0.3) is 0 Å². The van der Waals surface area contributed by atoms with E-state index in [1.54, 1.807) is 0 Å². The van der Waals surface area contributed by atoms with Crippen molar-refractivity contribution < 1.29 is 4.74 Å². The molecule has 0 aliphatic carbocycles. The van der Waals surface area contributed by atoms with Crippen molar-refractivity contribution in [3.8, 4) is 5.75 Å². The molecule has 0 unspecified atom stereocenters. The zero-order valence-electron chi connectivity index (χ0n) is 12.2. The van der Waals surface area contributed by atoms with Crippen LogP contribution < -0.4 is 10.1 Å². The number of nitrogens with one attached hydrogen (secondary N) is 1. The lowest BCUT2D eigenvalue weighted by Crippen LogP contribution is -2.22. The van der Waals surface area contributed by atoms with E-state index in [4.69, 9.17) is 16.3 Å². The van der Waals surface area contributed by atoms with Crippen LogP contribution in [0.5, 0.6) is 5.75 Å². The molecule has 21 heavy (non-hydrogen) atoms. The maximum Gasteiger partial charge on any atom is 0.125 e. The van der Waals surface area contributed by atoms with Crippen molar-refractivity contribution in [2.45, 2.75) is 33.0 Å². The minimum Gasteiger partial charge on any atom is -0.488 e. The summed E-state index contributed by atoms with van der Waals surface area (Å²) in [6.45, 7) is 5.43. The van der Waals surface area contributed by atoms with Crippen molar-refractivity contribution in [1.29, 1.82) is 0 Å². The van der Waals surface area contributed by atoms with Gasteiger partial charge >= 0.3 is 0 Å². The van der Waals surface area contributed by atoms with E-state index in [9.17, 15) is 0 Å². The molecular weight excluding hydrogens is 350 g/mol. The molecule has 0 aromatic heterocycles. The van der Waals surface area contributed by atoms with Crippen molar-refractivity contribution in [2.75, 3.05) is 0 Å². The van der Waals surface area contributed by atoms with Gasteiger partial charge in [0.2, 0.25) is 0 Å². The van der Waals surface area contributed by atoms with Gasteiger partial charge in [-0.1, -0.05) is 65.6 Å². The van der Waals surface area contributed by atoms with Crippen molar-refractivity contribution in [3.63, 3.8) is 0 Å². The minimum absolute atomic E-state index is 0.400. The maximum atomic E-state index is 6.30. The quantitative estimate of drug-likeness (QED) is 0.758. The molecule has 112 valence electrons. The van der Waals surface area contributed by atoms with E-state index in [1.807, 2.05) is 42.5 Å². The van der Waals surface area contributed by atoms with Gasteiger partial charge in [0.1, 0.15) is 12.4 Å². The Morgan fingerprint density at radius 2 is 1.90 bits per heavy atom. The second kappa shape index (κ2) is 7.83. The molecule has 0 aliphatic rings. The van der Waals surface area contributed by atoms with Gasteiger partial charge in [0.25, 0.3) is 0 Å². The Kier molecular flexibility index (Phi) is 6.09. The highest BCUT2D eigenvalue weighted by Gasteiger charge is 2.09. The Morgan fingerprint density at radius 3 is 2.62 bits per heavy atom. The summed E-state index contributed by atoms with van der Waals surface area (Å²) < 4.78 is 7.01. The number of ether oxygens (including phenoxy) is 1. The van der Waals surface area contributed by atoms with Gasteiger partial charge in [0, 0.05) is 33.2 Å². The Morgan fingerprint density at radius 1 is 1.14 bits per heavy atom. The number of hydrogen-bond acceptors (Lipinski definition) is 2. The van der Waals surface area contributed by atoms with Gasteiger partial charge in [-0.05, 0) is 18.2 Å². The number of hydrogen-bond donors (Lipinski definition) is 1. The van der Waals surface area contributed by atoms with Crippen molar-refractivity contribution >= 4 is 27.5 Å². The number of benzene rings is 2. The van der Waals surface area contributed by atoms with E-state index in [1.165, 1.54) is 0 Å². The minimum atomic E-state index is 0.400. The zero-order chi connectivity index (χ0) is 15.2. The fraction of sp³-hybridized carbons (Fsp3) is 0.294. The van der Waals surface area contributed by atoms with Crippen LogP contribution in [-0.4, -0.2) is 6.04 Å². The summed E-state index contributed by atoms with van der Waals surface area (Å²) in [6.07, 6.45) is 0. The lowest BCUT2D eigenvalue weighted by Gasteiger charge is -2.15. The zero-order valence-corrected chi connectivity index (χ0v) is 14.5. The second-order valence-electron chi connectivity index (χ2n) is 5.13. The van der Waals surface area contributed by atoms with E-state index in [0.717, 1.165) is 26.4 Å². The summed E-state index contributed by atoms with van der Waals surface area (Å²) in [5, 5.41) is 4.11. The maximum absolute atomic E-state index is 6.30. The Bertz CT molecular complexity index is 601. The molecule has 0 fully saturated rings. The standard InChI is InChI=1S/C17H19BrClNO/c1-12(2)20-10-14-16(19)8-5-9-17(14)21-11-13-6-3-4-7-15(13)18/h3-9,12,20H,10-11H2,1-2H3. The highest BCUT2D eigenvalue weighted by atomic mass is 79.9. The first-order valence-electron chi connectivity index (χ1n) is 6.95. The molecule has 2 aromatic carbocycles. The van der Waals surface area contributed by atoms with Crippen molar-refractivity contribution in [3.05, 3.63) is 63.1 Å². The number of rotatable bonds is 6. The molecule has 1 N–H and O–H groups in total. The first-order chi connectivity index (χ1) is 10.1. The smallest absolute Gasteiger partial charge is 0.125 e. The molecule has 2 aromatic rings. The Labute approximate surface area is 139 Å². The summed E-state index contributed by atoms with van der Waals surface area (Å²) in [7, 11) is 0. The van der Waals surface area contributed by atoms with E-state index < -0.39 is 0 Å². The number of halogens is 2. The Hall–Kier alpha value is -1.03. The van der Waals surface area contributed by atoms with Gasteiger partial charge < -0.3 is 10.1 Å². The fourth-order valence-electron chi connectivity index (χ4n) is 1.92. The van der Waals surface area contributed by atoms with Crippen molar-refractivity contribution in [2.24, 2.45) is 0 Å². The normalized spacial score (nSPS) is 10.9. The fourth-order valence-corrected chi connectivity index (χ4v) is 2.55. The van der Waals surface area contributed by atoms with Gasteiger partial charge in [0.05, 0.1) is 0 Å². The van der Waals surface area contributed by atoms with Crippen LogP contribution in [-0.2, 0) is 13.2 Å². The predicted octanol–water partition coefficient (Wildman–Crippen LogP) is 5.18. The topological polar surface area (TPSA) is 21.3 Å². The van der Waals surface area contributed by atoms with Gasteiger partial charge in [-0.2, -0.15) is 0 Å². The molecule has 0 radical (unpaired) electrons. The average Bonchev–Trinajstić information content (AvgIpc) is 2.45. The van der Waals surface area contributed by atoms with Gasteiger partial charge in [-0.15, -0.1) is 0 Å². The lowest BCUT2D eigenvalue weighted by molar-refractivity contribution is 0.301. The van der Waals surface area contributed by atoms with Crippen LogP contribution in [0.2, 0.25) is 5.02 Å². The molecule has 0 bridgehead atoms. The van der Waals surface area contributed by atoms with Gasteiger partial charge in [-0.3, -0.25) is 0 Å². The van der Waals surface area contributed by atoms with Crippen LogP contribution in [0.3, 0.4) is 0 Å². The highest BCUT2D eigenvalue weighted by molar-refractivity contribution is 9.10. The van der Waals surface area contributed by atoms with Crippen molar-refractivity contribution in [1.82, 2.24) is 5.32 Å². The summed E-state index contributed by atoms with van der Waals surface area (Å²) in [5.74, 6) is 0.825. The first-order valence-corrected chi connectivity index (χ1v) is 8.12. The molecule has 4 heteroatoms. The summed E-state index contributed by atoms with van der Waals surface area (Å²) in [6, 6.07) is 14.2. The molecule has 0 atom stereocenters. The molecule has 0 saturated heterocycles. The molecule has 2 rings (SSSR count). The van der Waals surface area contributed by atoms with Crippen LogP contribution in [0.1, 0.15) is 25.0 Å². The molecule has 2 nitrogen and oxygen atoms in total. The Balaban J connectivity index is 2.12. The van der Waals surface area contributed by atoms with E-state index in [0.29, 0.717) is 19.2 Å². The van der Waals surface area contributed by atoms with Gasteiger partial charge in [0.15, 0.2) is 0 Å². The van der Waals surface area contributed by atoms with Crippen LogP contribution in [0.15, 0.2) is 46.9 Å². The largest absolute Gasteiger partial charge is 0.488 e. The highest BCUT2D eigenvalue weighted by Crippen LogP contribution is 2.28. The molecule has 0 spiro atoms. The summed E-state index contributed by atoms with van der Waals surface area (Å²) >= 11 is 9.83. The summed E-state index contributed by atoms with van der Waals surface area (Å²) in [4.78, 5) is 0. The van der Waals surface area contributed by atoms with E-state index in [-0.39, 0.29) is 0 Å². The molecule has 0 amide bonds. The van der Waals surface area contributed by atoms with Gasteiger partial charge in [-0.25, -0.2) is 0 Å². The third-order valence-corrected chi connectivity index (χ3v) is 4.23. The van der Waals surface area contributed by atoms with Crippen LogP contribution >= 0.6 is 27.5 Å². The molecule has 0 heterocycles. The predicted molar refractivity (Wildman–Crippen MR) is 91.9 cm³/mol. The molecular formula is C17H19BrClNO. The SMILES string of the molecule is CC(C)NCc1c(Cl)cccc1OCc1ccccc1Br.